The number of H-pyrrole nitrogens is 1. The van der Waals surface area contributed by atoms with E-state index in [9.17, 15) is 0 Å². The van der Waals surface area contributed by atoms with Crippen LogP contribution in [0.15, 0.2) is 24.3 Å². The molecule has 0 unspecified atom stereocenters. The summed E-state index contributed by atoms with van der Waals surface area (Å²) in [5.41, 5.74) is 0. The number of halogens is 2. The first-order valence-electron chi connectivity index (χ1n) is 3.65. The van der Waals surface area contributed by atoms with Crippen molar-refractivity contribution in [3.63, 3.8) is 0 Å². The van der Waals surface area contributed by atoms with Gasteiger partial charge in [-0.05, 0) is 29.7 Å². The lowest BCUT2D eigenvalue weighted by atomic mass is 10.2. The Bertz CT molecular complexity index is 513. The van der Waals surface area contributed by atoms with Gasteiger partial charge in [0.1, 0.15) is 9.79 Å². The second-order valence-corrected chi connectivity index (χ2v) is 3.93. The molecule has 0 aliphatic carbocycles. The Balaban J connectivity index is 2.95. The van der Waals surface area contributed by atoms with E-state index < -0.39 is 0 Å². The van der Waals surface area contributed by atoms with Gasteiger partial charge in [0.25, 0.3) is 0 Å². The fourth-order valence-corrected chi connectivity index (χ4v) is 1.95. The smallest absolute Gasteiger partial charge is 0.112 e. The summed E-state index contributed by atoms with van der Waals surface area (Å²) >= 11 is 16.7. The molecule has 0 radical (unpaired) electrons. The van der Waals surface area contributed by atoms with Crippen LogP contribution in [0.3, 0.4) is 0 Å². The average molecular weight is 230 g/mol. The summed E-state index contributed by atoms with van der Waals surface area (Å²) in [5.74, 6) is 0. The maximum atomic E-state index is 5.84. The molecule has 1 nitrogen and oxygen atoms in total. The van der Waals surface area contributed by atoms with E-state index in [1.807, 2.05) is 12.1 Å². The minimum atomic E-state index is 0.528. The lowest BCUT2D eigenvalue weighted by molar-refractivity contribution is 1.33. The molecule has 66 valence electrons. The third-order valence-electron chi connectivity index (χ3n) is 1.77. The van der Waals surface area contributed by atoms with E-state index in [0.717, 1.165) is 10.8 Å². The zero-order valence-corrected chi connectivity index (χ0v) is 8.80. The summed E-state index contributed by atoms with van der Waals surface area (Å²) < 4.78 is 0.638. The van der Waals surface area contributed by atoms with Gasteiger partial charge in [-0.15, -0.1) is 0 Å². The molecule has 4 heteroatoms. The fourth-order valence-electron chi connectivity index (χ4n) is 1.21. The van der Waals surface area contributed by atoms with E-state index in [0.29, 0.717) is 14.8 Å². The van der Waals surface area contributed by atoms with E-state index >= 15 is 0 Å². The molecule has 2 rings (SSSR count). The van der Waals surface area contributed by atoms with Crippen molar-refractivity contribution in [1.29, 1.82) is 0 Å². The highest BCUT2D eigenvalue weighted by Crippen LogP contribution is 2.21. The molecule has 1 aromatic heterocycles. The Kier molecular flexibility index (Phi) is 2.28. The Morgan fingerprint density at radius 1 is 1.15 bits per heavy atom. The predicted molar refractivity (Wildman–Crippen MR) is 59.2 cm³/mol. The fraction of sp³-hybridized carbons (Fsp3) is 0. The van der Waals surface area contributed by atoms with Crippen molar-refractivity contribution in [2.75, 3.05) is 0 Å². The van der Waals surface area contributed by atoms with Crippen LogP contribution in [0.1, 0.15) is 0 Å². The number of aromatic amines is 1. The van der Waals surface area contributed by atoms with Crippen LogP contribution in [0, 0.1) is 4.64 Å². The van der Waals surface area contributed by atoms with Crippen molar-refractivity contribution < 1.29 is 0 Å². The normalized spacial score (nSPS) is 10.6. The van der Waals surface area contributed by atoms with Gasteiger partial charge in [-0.1, -0.05) is 35.4 Å². The molecule has 0 bridgehead atoms. The monoisotopic (exact) mass is 229 g/mol. The number of aromatic nitrogens is 1. The van der Waals surface area contributed by atoms with Gasteiger partial charge in [-0.25, -0.2) is 0 Å². The van der Waals surface area contributed by atoms with Gasteiger partial charge in [-0.2, -0.15) is 0 Å². The molecule has 0 spiro atoms. The molecule has 0 atom stereocenters. The molecule has 0 saturated carbocycles. The van der Waals surface area contributed by atoms with Crippen molar-refractivity contribution in [1.82, 2.24) is 4.98 Å². The van der Waals surface area contributed by atoms with Gasteiger partial charge >= 0.3 is 0 Å². The number of hydrogen-bond donors (Lipinski definition) is 1. The average Bonchev–Trinajstić information content (AvgIpc) is 2.02. The molecular weight excluding hydrogens is 225 g/mol. The number of nitrogens with one attached hydrogen (secondary N) is 1. The minimum absolute atomic E-state index is 0.528. The number of hydrogen-bond acceptors (Lipinski definition) is 1. The van der Waals surface area contributed by atoms with Crippen molar-refractivity contribution in [3.8, 4) is 0 Å². The number of benzene rings is 1. The molecule has 1 aromatic carbocycles. The van der Waals surface area contributed by atoms with Gasteiger partial charge < -0.3 is 4.98 Å². The molecule has 13 heavy (non-hydrogen) atoms. The molecular formula is C9H5Cl2NS. The van der Waals surface area contributed by atoms with Crippen LogP contribution in [0.5, 0.6) is 0 Å². The standard InChI is InChI=1S/C9H5Cl2NS/c10-6-1-2-7-5(3-6)4-8(11)12-9(7)13/h1-4H,(H,12,13). The molecule has 0 fully saturated rings. The molecule has 0 amide bonds. The van der Waals surface area contributed by atoms with Crippen LogP contribution < -0.4 is 0 Å². The van der Waals surface area contributed by atoms with E-state index in [-0.39, 0.29) is 0 Å². The van der Waals surface area contributed by atoms with Gasteiger partial charge in [0.2, 0.25) is 0 Å². The Labute approximate surface area is 90.3 Å². The lowest BCUT2D eigenvalue weighted by Crippen LogP contribution is -1.80. The van der Waals surface area contributed by atoms with Gasteiger partial charge in [0.15, 0.2) is 0 Å². The lowest BCUT2D eigenvalue weighted by Gasteiger charge is -1.99. The summed E-state index contributed by atoms with van der Waals surface area (Å²) in [6.07, 6.45) is 0. The topological polar surface area (TPSA) is 15.8 Å². The second kappa shape index (κ2) is 3.29. The van der Waals surface area contributed by atoms with E-state index in [4.69, 9.17) is 35.4 Å². The van der Waals surface area contributed by atoms with Crippen LogP contribution in [0.25, 0.3) is 10.8 Å². The van der Waals surface area contributed by atoms with Crippen LogP contribution in [-0.2, 0) is 0 Å². The number of rotatable bonds is 0. The molecule has 0 aliphatic rings. The highest BCUT2D eigenvalue weighted by molar-refractivity contribution is 7.71. The first kappa shape index (κ1) is 9.00. The van der Waals surface area contributed by atoms with Gasteiger partial charge in [0.05, 0.1) is 0 Å². The molecule has 0 aliphatic heterocycles. The highest BCUT2D eigenvalue weighted by atomic mass is 35.5. The van der Waals surface area contributed by atoms with Crippen LogP contribution in [0.2, 0.25) is 10.2 Å². The Morgan fingerprint density at radius 2 is 1.92 bits per heavy atom. The van der Waals surface area contributed by atoms with Crippen LogP contribution in [0.4, 0.5) is 0 Å². The highest BCUT2D eigenvalue weighted by Gasteiger charge is 1.98. The quantitative estimate of drug-likeness (QED) is 0.529. The summed E-state index contributed by atoms with van der Waals surface area (Å²) in [6, 6.07) is 7.33. The number of fused-ring (bicyclic) bond motifs is 1. The van der Waals surface area contributed by atoms with Gasteiger partial charge in [-0.3, -0.25) is 0 Å². The molecule has 2 aromatic rings. The maximum Gasteiger partial charge on any atom is 0.112 e. The largest absolute Gasteiger partial charge is 0.337 e. The van der Waals surface area contributed by atoms with Crippen molar-refractivity contribution in [2.45, 2.75) is 0 Å². The number of pyridine rings is 1. The van der Waals surface area contributed by atoms with E-state index in [1.165, 1.54) is 0 Å². The molecule has 0 saturated heterocycles. The second-order valence-electron chi connectivity index (χ2n) is 2.68. The van der Waals surface area contributed by atoms with Gasteiger partial charge in [0, 0.05) is 10.4 Å². The van der Waals surface area contributed by atoms with Crippen LogP contribution in [-0.4, -0.2) is 4.98 Å². The third kappa shape index (κ3) is 1.70. The predicted octanol–water partition coefficient (Wildman–Crippen LogP) is 4.20. The zero-order chi connectivity index (χ0) is 9.42. The maximum absolute atomic E-state index is 5.84. The molecule has 1 heterocycles. The summed E-state index contributed by atoms with van der Waals surface area (Å²) in [7, 11) is 0. The summed E-state index contributed by atoms with van der Waals surface area (Å²) in [4.78, 5) is 2.87. The van der Waals surface area contributed by atoms with Crippen LogP contribution >= 0.6 is 35.4 Å². The van der Waals surface area contributed by atoms with Crippen molar-refractivity contribution >= 4 is 46.2 Å². The van der Waals surface area contributed by atoms with Crippen molar-refractivity contribution in [2.24, 2.45) is 0 Å². The zero-order valence-electron chi connectivity index (χ0n) is 6.47. The molecule has 1 N–H and O–H groups in total. The summed E-state index contributed by atoms with van der Waals surface area (Å²) in [5, 5.41) is 3.13. The van der Waals surface area contributed by atoms with E-state index in [1.54, 1.807) is 12.1 Å². The SMILES string of the molecule is S=c1[nH]c(Cl)cc2cc(Cl)ccc12. The van der Waals surface area contributed by atoms with E-state index in [2.05, 4.69) is 4.98 Å². The Hall–Kier alpha value is -0.570. The first-order valence-corrected chi connectivity index (χ1v) is 4.81. The Morgan fingerprint density at radius 3 is 2.69 bits per heavy atom. The first-order chi connectivity index (χ1) is 6.16. The van der Waals surface area contributed by atoms with Crippen molar-refractivity contribution in [3.05, 3.63) is 39.1 Å². The third-order valence-corrected chi connectivity index (χ3v) is 2.53. The minimum Gasteiger partial charge on any atom is -0.337 e. The summed E-state index contributed by atoms with van der Waals surface area (Å²) in [6.45, 7) is 0.